The van der Waals surface area contributed by atoms with Crippen LogP contribution < -0.4 is 0 Å². The van der Waals surface area contributed by atoms with Gasteiger partial charge in [-0.3, -0.25) is 0 Å². The molecule has 1 aromatic rings. The normalized spacial score (nSPS) is 12.3. The van der Waals surface area contributed by atoms with Crippen molar-refractivity contribution in [1.29, 1.82) is 0 Å². The Kier molecular flexibility index (Phi) is 5.25. The summed E-state index contributed by atoms with van der Waals surface area (Å²) in [6.07, 6.45) is 0.381. The number of aliphatic hydroxyl groups is 1. The highest BCUT2D eigenvalue weighted by molar-refractivity contribution is 6.38. The number of benzene rings is 1. The van der Waals surface area contributed by atoms with Gasteiger partial charge in [0, 0.05) is 11.4 Å². The zero-order valence-electron chi connectivity index (χ0n) is 9.67. The molecule has 0 aliphatic rings. The number of aliphatic hydroxyl groups excluding tert-OH is 1. The standard InChI is InChI=1S/C12H14Cl2O3/c1-3-7(15)6-9-10(13)5-4-8(11(9)14)12(16)17-2/h4-5,7,15H,3,6H2,1-2H3. The van der Waals surface area contributed by atoms with Gasteiger partial charge in [0.15, 0.2) is 0 Å². The monoisotopic (exact) mass is 276 g/mol. The first-order chi connectivity index (χ1) is 8.01. The number of hydrogen-bond acceptors (Lipinski definition) is 3. The van der Waals surface area contributed by atoms with Crippen LogP contribution in [0.3, 0.4) is 0 Å². The van der Waals surface area contributed by atoms with Crippen molar-refractivity contribution in [3.63, 3.8) is 0 Å². The van der Waals surface area contributed by atoms with Gasteiger partial charge in [-0.25, -0.2) is 4.79 Å². The maximum atomic E-state index is 11.4. The van der Waals surface area contributed by atoms with Crippen molar-refractivity contribution >= 4 is 29.2 Å². The number of esters is 1. The van der Waals surface area contributed by atoms with E-state index in [-0.39, 0.29) is 10.6 Å². The molecule has 0 aliphatic carbocycles. The molecule has 0 saturated heterocycles. The summed E-state index contributed by atoms with van der Waals surface area (Å²) in [4.78, 5) is 11.4. The molecule has 0 amide bonds. The third-order valence-electron chi connectivity index (χ3n) is 2.50. The van der Waals surface area contributed by atoms with Crippen LogP contribution in [-0.4, -0.2) is 24.3 Å². The van der Waals surface area contributed by atoms with E-state index in [1.807, 2.05) is 6.92 Å². The largest absolute Gasteiger partial charge is 0.465 e. The number of halogens is 2. The Morgan fingerprint density at radius 2 is 2.12 bits per heavy atom. The molecule has 0 saturated carbocycles. The molecule has 1 rings (SSSR count). The second-order valence-corrected chi connectivity index (χ2v) is 4.43. The van der Waals surface area contributed by atoms with Gasteiger partial charge in [-0.1, -0.05) is 30.1 Å². The summed E-state index contributed by atoms with van der Waals surface area (Å²) in [6.45, 7) is 1.86. The predicted molar refractivity (Wildman–Crippen MR) is 67.8 cm³/mol. The Balaban J connectivity index is 3.15. The van der Waals surface area contributed by atoms with Crippen LogP contribution in [0.4, 0.5) is 0 Å². The lowest BCUT2D eigenvalue weighted by atomic mass is 10.0. The molecular formula is C12H14Cl2O3. The molecule has 0 spiro atoms. The minimum Gasteiger partial charge on any atom is -0.465 e. The second kappa shape index (κ2) is 6.24. The smallest absolute Gasteiger partial charge is 0.339 e. The highest BCUT2D eigenvalue weighted by Gasteiger charge is 2.18. The van der Waals surface area contributed by atoms with Crippen LogP contribution in [0.25, 0.3) is 0 Å². The van der Waals surface area contributed by atoms with E-state index in [2.05, 4.69) is 4.74 Å². The Hall–Kier alpha value is -0.770. The van der Waals surface area contributed by atoms with Gasteiger partial charge >= 0.3 is 5.97 Å². The predicted octanol–water partition coefficient (Wildman–Crippen LogP) is 3.09. The molecular weight excluding hydrogens is 263 g/mol. The van der Waals surface area contributed by atoms with Crippen LogP contribution in [0.5, 0.6) is 0 Å². The summed E-state index contributed by atoms with van der Waals surface area (Å²) in [6, 6.07) is 3.09. The van der Waals surface area contributed by atoms with Gasteiger partial charge < -0.3 is 9.84 Å². The minimum atomic E-state index is -0.530. The average molecular weight is 277 g/mol. The topological polar surface area (TPSA) is 46.5 Å². The number of rotatable bonds is 4. The highest BCUT2D eigenvalue weighted by atomic mass is 35.5. The van der Waals surface area contributed by atoms with Gasteiger partial charge in [-0.15, -0.1) is 0 Å². The third-order valence-corrected chi connectivity index (χ3v) is 3.29. The fourth-order valence-electron chi connectivity index (χ4n) is 1.43. The molecule has 5 heteroatoms. The number of carbonyl (C=O) groups is 1. The second-order valence-electron chi connectivity index (χ2n) is 3.65. The lowest BCUT2D eigenvalue weighted by Crippen LogP contribution is -2.11. The van der Waals surface area contributed by atoms with Gasteiger partial charge in [0.25, 0.3) is 0 Å². The van der Waals surface area contributed by atoms with Crippen molar-refractivity contribution in [2.45, 2.75) is 25.9 Å². The SMILES string of the molecule is CCC(O)Cc1c(Cl)ccc(C(=O)OC)c1Cl. The Morgan fingerprint density at radius 3 is 2.65 bits per heavy atom. The first-order valence-electron chi connectivity index (χ1n) is 5.24. The average Bonchev–Trinajstić information content (AvgIpc) is 2.33. The van der Waals surface area contributed by atoms with Crippen LogP contribution in [0.15, 0.2) is 12.1 Å². The maximum absolute atomic E-state index is 11.4. The first kappa shape index (κ1) is 14.3. The number of methoxy groups -OCH3 is 1. The zero-order chi connectivity index (χ0) is 13.0. The Labute approximate surface area is 110 Å². The number of ether oxygens (including phenoxy) is 1. The molecule has 1 unspecified atom stereocenters. The minimum absolute atomic E-state index is 0.247. The van der Waals surface area contributed by atoms with E-state index < -0.39 is 12.1 Å². The summed E-state index contributed by atoms with van der Waals surface area (Å²) in [5.41, 5.74) is 0.836. The molecule has 17 heavy (non-hydrogen) atoms. The summed E-state index contributed by atoms with van der Waals surface area (Å²) in [7, 11) is 1.29. The summed E-state index contributed by atoms with van der Waals surface area (Å²) in [5, 5.41) is 10.3. The van der Waals surface area contributed by atoms with Crippen molar-refractivity contribution in [3.8, 4) is 0 Å². The fourth-order valence-corrected chi connectivity index (χ4v) is 2.03. The molecule has 1 atom stereocenters. The van der Waals surface area contributed by atoms with Crippen LogP contribution >= 0.6 is 23.2 Å². The fraction of sp³-hybridized carbons (Fsp3) is 0.417. The molecule has 1 N–H and O–H groups in total. The van der Waals surface area contributed by atoms with Crippen LogP contribution in [0.2, 0.25) is 10.0 Å². The summed E-state index contributed by atoms with van der Waals surface area (Å²) in [5.74, 6) is -0.515. The molecule has 0 bridgehead atoms. The molecule has 3 nitrogen and oxygen atoms in total. The van der Waals surface area contributed by atoms with Crippen molar-refractivity contribution < 1.29 is 14.6 Å². The highest BCUT2D eigenvalue weighted by Crippen LogP contribution is 2.30. The van der Waals surface area contributed by atoms with Crippen molar-refractivity contribution in [2.24, 2.45) is 0 Å². The number of hydrogen-bond donors (Lipinski definition) is 1. The van der Waals surface area contributed by atoms with Crippen molar-refractivity contribution in [1.82, 2.24) is 0 Å². The maximum Gasteiger partial charge on any atom is 0.339 e. The number of carbonyl (C=O) groups excluding carboxylic acids is 1. The molecule has 0 heterocycles. The van der Waals surface area contributed by atoms with Crippen molar-refractivity contribution in [2.75, 3.05) is 7.11 Å². The molecule has 0 fully saturated rings. The van der Waals surface area contributed by atoms with E-state index >= 15 is 0 Å². The molecule has 94 valence electrons. The van der Waals surface area contributed by atoms with Gasteiger partial charge in [-0.2, -0.15) is 0 Å². The van der Waals surface area contributed by atoms with Gasteiger partial charge in [-0.05, 0) is 24.1 Å². The van der Waals surface area contributed by atoms with E-state index in [9.17, 15) is 9.90 Å². The zero-order valence-corrected chi connectivity index (χ0v) is 11.2. The Morgan fingerprint density at radius 1 is 1.47 bits per heavy atom. The molecule has 0 aromatic heterocycles. The lowest BCUT2D eigenvalue weighted by molar-refractivity contribution is 0.0600. The van der Waals surface area contributed by atoms with Crippen molar-refractivity contribution in [3.05, 3.63) is 33.3 Å². The van der Waals surface area contributed by atoms with Crippen LogP contribution in [-0.2, 0) is 11.2 Å². The van der Waals surface area contributed by atoms with Gasteiger partial charge in [0.2, 0.25) is 0 Å². The van der Waals surface area contributed by atoms with Gasteiger partial charge in [0.1, 0.15) is 0 Å². The third kappa shape index (κ3) is 3.35. The van der Waals surface area contributed by atoms with E-state index in [1.165, 1.54) is 13.2 Å². The first-order valence-corrected chi connectivity index (χ1v) is 6.00. The van der Waals surface area contributed by atoms with E-state index in [1.54, 1.807) is 6.07 Å². The molecule has 1 aromatic carbocycles. The van der Waals surface area contributed by atoms with Gasteiger partial charge in [0.05, 0.1) is 23.8 Å². The van der Waals surface area contributed by atoms with E-state index in [0.29, 0.717) is 23.4 Å². The van der Waals surface area contributed by atoms with E-state index in [0.717, 1.165) is 0 Å². The van der Waals surface area contributed by atoms with Crippen LogP contribution in [0, 0.1) is 0 Å². The van der Waals surface area contributed by atoms with Crippen LogP contribution in [0.1, 0.15) is 29.3 Å². The van der Waals surface area contributed by atoms with E-state index in [4.69, 9.17) is 23.2 Å². The lowest BCUT2D eigenvalue weighted by Gasteiger charge is -2.13. The quantitative estimate of drug-likeness (QED) is 0.860. The Bertz CT molecular complexity index is 418. The molecule has 0 radical (unpaired) electrons. The molecule has 0 aliphatic heterocycles. The summed E-state index contributed by atoms with van der Waals surface area (Å²) >= 11 is 12.1. The summed E-state index contributed by atoms with van der Waals surface area (Å²) < 4.78 is 4.61.